The first kappa shape index (κ1) is 10.1. The van der Waals surface area contributed by atoms with Crippen LogP contribution in [0.3, 0.4) is 0 Å². The third kappa shape index (κ3) is 2.54. The fraction of sp³-hybridized carbons (Fsp3) is 0.308. The summed E-state index contributed by atoms with van der Waals surface area (Å²) in [6.07, 6.45) is 2.81. The zero-order chi connectivity index (χ0) is 10.5. The summed E-state index contributed by atoms with van der Waals surface area (Å²) >= 11 is 0. The van der Waals surface area contributed by atoms with E-state index in [-0.39, 0.29) is 6.61 Å². The van der Waals surface area contributed by atoms with Crippen molar-refractivity contribution in [2.24, 2.45) is 0 Å². The Kier molecular flexibility index (Phi) is 3.30. The van der Waals surface area contributed by atoms with E-state index in [2.05, 4.69) is 23.2 Å². The van der Waals surface area contributed by atoms with Crippen LogP contribution in [-0.2, 0) is 6.42 Å². The van der Waals surface area contributed by atoms with E-state index >= 15 is 0 Å². The van der Waals surface area contributed by atoms with Gasteiger partial charge in [0.25, 0.3) is 0 Å². The summed E-state index contributed by atoms with van der Waals surface area (Å²) in [5.41, 5.74) is 2.17. The van der Waals surface area contributed by atoms with Crippen LogP contribution >= 0.6 is 0 Å². The van der Waals surface area contributed by atoms with Gasteiger partial charge in [-0.3, -0.25) is 4.98 Å². The minimum Gasteiger partial charge on any atom is -0.396 e. The summed E-state index contributed by atoms with van der Waals surface area (Å²) < 4.78 is 0. The molecule has 0 fully saturated rings. The number of aliphatic hydroxyl groups excluding tert-OH is 1. The van der Waals surface area contributed by atoms with Crippen LogP contribution in [-0.4, -0.2) is 16.7 Å². The monoisotopic (exact) mass is 201 g/mol. The van der Waals surface area contributed by atoms with E-state index < -0.39 is 0 Å². The van der Waals surface area contributed by atoms with Gasteiger partial charge in [0.1, 0.15) is 0 Å². The fourth-order valence-electron chi connectivity index (χ4n) is 1.67. The Bertz CT molecular complexity index is 439. The summed E-state index contributed by atoms with van der Waals surface area (Å²) in [4.78, 5) is 4.57. The van der Waals surface area contributed by atoms with Crippen molar-refractivity contribution >= 4 is 10.9 Å². The maximum Gasteiger partial charge on any atom is 0.0705 e. The SMILES string of the molecule is OCCCCc1ccc2ccccc2n1. The minimum atomic E-state index is 0.271. The van der Waals surface area contributed by atoms with Crippen LogP contribution in [0.4, 0.5) is 0 Å². The summed E-state index contributed by atoms with van der Waals surface area (Å²) in [6.45, 7) is 0.271. The molecule has 1 aromatic carbocycles. The van der Waals surface area contributed by atoms with Gasteiger partial charge in [0.15, 0.2) is 0 Å². The lowest BCUT2D eigenvalue weighted by Crippen LogP contribution is -1.92. The molecule has 0 aliphatic carbocycles. The molecule has 0 aliphatic rings. The molecule has 78 valence electrons. The van der Waals surface area contributed by atoms with Gasteiger partial charge in [-0.05, 0) is 31.4 Å². The van der Waals surface area contributed by atoms with Gasteiger partial charge < -0.3 is 5.11 Å². The van der Waals surface area contributed by atoms with E-state index in [4.69, 9.17) is 5.11 Å². The molecule has 2 rings (SSSR count). The molecule has 0 bridgehead atoms. The number of aryl methyl sites for hydroxylation is 1. The Labute approximate surface area is 89.6 Å². The van der Waals surface area contributed by atoms with Gasteiger partial charge in [0.05, 0.1) is 5.52 Å². The summed E-state index contributed by atoms with van der Waals surface area (Å²) in [5.74, 6) is 0. The van der Waals surface area contributed by atoms with Crippen molar-refractivity contribution in [2.45, 2.75) is 19.3 Å². The molecule has 2 aromatic rings. The zero-order valence-corrected chi connectivity index (χ0v) is 8.69. The molecule has 1 aromatic heterocycles. The lowest BCUT2D eigenvalue weighted by molar-refractivity contribution is 0.284. The second-order valence-corrected chi connectivity index (χ2v) is 3.68. The largest absolute Gasteiger partial charge is 0.396 e. The zero-order valence-electron chi connectivity index (χ0n) is 8.69. The maximum atomic E-state index is 8.70. The molecule has 0 unspecified atom stereocenters. The standard InChI is InChI=1S/C13H15NO/c15-10-4-3-6-12-9-8-11-5-1-2-7-13(11)14-12/h1-2,5,7-9,15H,3-4,6,10H2. The van der Waals surface area contributed by atoms with Crippen molar-refractivity contribution in [1.82, 2.24) is 4.98 Å². The molecule has 0 amide bonds. The molecular weight excluding hydrogens is 186 g/mol. The lowest BCUT2D eigenvalue weighted by Gasteiger charge is -2.02. The first-order valence-corrected chi connectivity index (χ1v) is 5.36. The number of pyridine rings is 1. The third-order valence-electron chi connectivity index (χ3n) is 2.50. The summed E-state index contributed by atoms with van der Waals surface area (Å²) in [7, 11) is 0. The number of benzene rings is 1. The van der Waals surface area contributed by atoms with Crippen LogP contribution in [0.5, 0.6) is 0 Å². The van der Waals surface area contributed by atoms with Crippen molar-refractivity contribution in [1.29, 1.82) is 0 Å². The van der Waals surface area contributed by atoms with Gasteiger partial charge in [-0.2, -0.15) is 0 Å². The van der Waals surface area contributed by atoms with Crippen LogP contribution in [0.1, 0.15) is 18.5 Å². The van der Waals surface area contributed by atoms with Gasteiger partial charge in [0, 0.05) is 17.7 Å². The second kappa shape index (κ2) is 4.89. The molecule has 0 aliphatic heterocycles. The van der Waals surface area contributed by atoms with Crippen LogP contribution < -0.4 is 0 Å². The van der Waals surface area contributed by atoms with Gasteiger partial charge in [-0.15, -0.1) is 0 Å². The summed E-state index contributed by atoms with van der Waals surface area (Å²) in [5, 5.41) is 9.88. The Morgan fingerprint density at radius 1 is 1.00 bits per heavy atom. The van der Waals surface area contributed by atoms with Crippen molar-refractivity contribution in [3.8, 4) is 0 Å². The molecule has 0 atom stereocenters. The number of aromatic nitrogens is 1. The number of aliphatic hydroxyl groups is 1. The number of fused-ring (bicyclic) bond motifs is 1. The van der Waals surface area contributed by atoms with E-state index in [0.717, 1.165) is 30.5 Å². The number of hydrogen-bond donors (Lipinski definition) is 1. The molecule has 0 saturated heterocycles. The van der Waals surface area contributed by atoms with Crippen molar-refractivity contribution in [2.75, 3.05) is 6.61 Å². The van der Waals surface area contributed by atoms with E-state index in [0.29, 0.717) is 0 Å². The van der Waals surface area contributed by atoms with Crippen LogP contribution in [0.25, 0.3) is 10.9 Å². The van der Waals surface area contributed by atoms with E-state index in [1.54, 1.807) is 0 Å². The first-order chi connectivity index (χ1) is 7.40. The summed E-state index contributed by atoms with van der Waals surface area (Å²) in [6, 6.07) is 12.3. The highest BCUT2D eigenvalue weighted by Gasteiger charge is 1.97. The van der Waals surface area contributed by atoms with Gasteiger partial charge in [0.2, 0.25) is 0 Å². The molecule has 0 spiro atoms. The molecule has 2 nitrogen and oxygen atoms in total. The maximum absolute atomic E-state index is 8.70. The molecule has 0 radical (unpaired) electrons. The number of rotatable bonds is 4. The molecule has 0 saturated carbocycles. The Balaban J connectivity index is 2.16. The van der Waals surface area contributed by atoms with Crippen LogP contribution in [0, 0.1) is 0 Å². The highest BCUT2D eigenvalue weighted by atomic mass is 16.2. The van der Waals surface area contributed by atoms with Gasteiger partial charge in [-0.25, -0.2) is 0 Å². The van der Waals surface area contributed by atoms with Crippen molar-refractivity contribution < 1.29 is 5.11 Å². The van der Waals surface area contributed by atoms with Crippen LogP contribution in [0.15, 0.2) is 36.4 Å². The number of hydrogen-bond acceptors (Lipinski definition) is 2. The highest BCUT2D eigenvalue weighted by Crippen LogP contribution is 2.12. The predicted molar refractivity (Wildman–Crippen MR) is 61.8 cm³/mol. The van der Waals surface area contributed by atoms with Gasteiger partial charge >= 0.3 is 0 Å². The number of unbranched alkanes of at least 4 members (excludes halogenated alkanes) is 1. The highest BCUT2D eigenvalue weighted by molar-refractivity contribution is 5.78. The Morgan fingerprint density at radius 2 is 1.87 bits per heavy atom. The molecule has 15 heavy (non-hydrogen) atoms. The van der Waals surface area contributed by atoms with Crippen molar-refractivity contribution in [3.05, 3.63) is 42.1 Å². The van der Waals surface area contributed by atoms with Crippen LogP contribution in [0.2, 0.25) is 0 Å². The third-order valence-corrected chi connectivity index (χ3v) is 2.50. The molecule has 1 heterocycles. The van der Waals surface area contributed by atoms with E-state index in [1.165, 1.54) is 5.39 Å². The fourth-order valence-corrected chi connectivity index (χ4v) is 1.67. The Hall–Kier alpha value is -1.41. The topological polar surface area (TPSA) is 33.1 Å². The predicted octanol–water partition coefficient (Wildman–Crippen LogP) is 2.55. The molecular formula is C13H15NO. The average Bonchev–Trinajstić information content (AvgIpc) is 2.29. The molecule has 2 heteroatoms. The normalized spacial score (nSPS) is 10.7. The quantitative estimate of drug-likeness (QED) is 0.771. The molecule has 1 N–H and O–H groups in total. The first-order valence-electron chi connectivity index (χ1n) is 5.36. The van der Waals surface area contributed by atoms with E-state index in [9.17, 15) is 0 Å². The minimum absolute atomic E-state index is 0.271. The lowest BCUT2D eigenvalue weighted by atomic mass is 10.1. The van der Waals surface area contributed by atoms with E-state index in [1.807, 2.05) is 18.2 Å². The smallest absolute Gasteiger partial charge is 0.0705 e. The average molecular weight is 201 g/mol. The van der Waals surface area contributed by atoms with Crippen molar-refractivity contribution in [3.63, 3.8) is 0 Å². The second-order valence-electron chi connectivity index (χ2n) is 3.68. The number of nitrogens with zero attached hydrogens (tertiary/aromatic N) is 1. The number of para-hydroxylation sites is 1. The Morgan fingerprint density at radius 3 is 2.73 bits per heavy atom. The van der Waals surface area contributed by atoms with Gasteiger partial charge in [-0.1, -0.05) is 24.3 Å².